The first-order valence-electron chi connectivity index (χ1n) is 4.74. The van der Waals surface area contributed by atoms with Crippen LogP contribution in [0.25, 0.3) is 0 Å². The lowest BCUT2D eigenvalue weighted by Gasteiger charge is -2.03. The van der Waals surface area contributed by atoms with Crippen LogP contribution in [0.3, 0.4) is 0 Å². The highest BCUT2D eigenvalue weighted by molar-refractivity contribution is 6.06. The second kappa shape index (κ2) is 5.10. The molecule has 0 aromatic heterocycles. The number of ketones is 1. The Kier molecular flexibility index (Phi) is 3.80. The molecule has 0 heterocycles. The minimum atomic E-state index is -0.179. The van der Waals surface area contributed by atoms with Gasteiger partial charge in [-0.2, -0.15) is 0 Å². The highest BCUT2D eigenvalue weighted by atomic mass is 16.1. The summed E-state index contributed by atoms with van der Waals surface area (Å²) in [7, 11) is 0. The first-order chi connectivity index (χ1) is 7.19. The lowest BCUT2D eigenvalue weighted by Crippen LogP contribution is -2.22. The summed E-state index contributed by atoms with van der Waals surface area (Å²) in [5.74, 6) is -0.350. The van der Waals surface area contributed by atoms with Gasteiger partial charge >= 0.3 is 0 Å². The van der Waals surface area contributed by atoms with Gasteiger partial charge in [-0.1, -0.05) is 18.7 Å². The lowest BCUT2D eigenvalue weighted by atomic mass is 10.1. The Morgan fingerprint density at radius 3 is 2.67 bits per heavy atom. The van der Waals surface area contributed by atoms with E-state index in [9.17, 15) is 9.59 Å². The van der Waals surface area contributed by atoms with Crippen molar-refractivity contribution in [3.63, 3.8) is 0 Å². The molecule has 1 N–H and O–H groups in total. The predicted octanol–water partition coefficient (Wildman–Crippen LogP) is 1.80. The van der Waals surface area contributed by atoms with Crippen LogP contribution in [0.15, 0.2) is 36.9 Å². The second-order valence-corrected chi connectivity index (χ2v) is 3.01. The van der Waals surface area contributed by atoms with E-state index in [1.807, 2.05) is 6.92 Å². The van der Waals surface area contributed by atoms with Crippen molar-refractivity contribution in [2.45, 2.75) is 6.92 Å². The Balaban J connectivity index is 2.97. The minimum absolute atomic E-state index is 0.170. The van der Waals surface area contributed by atoms with Crippen LogP contribution in [0.1, 0.15) is 27.6 Å². The molecule has 0 bridgehead atoms. The molecule has 0 radical (unpaired) electrons. The number of hydrogen-bond donors (Lipinski definition) is 1. The molecule has 1 aromatic carbocycles. The average molecular weight is 203 g/mol. The quantitative estimate of drug-likeness (QED) is 0.599. The summed E-state index contributed by atoms with van der Waals surface area (Å²) >= 11 is 0. The average Bonchev–Trinajstić information content (AvgIpc) is 2.28. The Morgan fingerprint density at radius 1 is 1.40 bits per heavy atom. The maximum absolute atomic E-state index is 11.5. The third kappa shape index (κ3) is 2.77. The van der Waals surface area contributed by atoms with Gasteiger partial charge in [-0.3, -0.25) is 9.59 Å². The summed E-state index contributed by atoms with van der Waals surface area (Å²) in [4.78, 5) is 22.8. The van der Waals surface area contributed by atoms with Gasteiger partial charge in [0.05, 0.1) is 0 Å². The van der Waals surface area contributed by atoms with Crippen molar-refractivity contribution in [1.82, 2.24) is 5.32 Å². The monoisotopic (exact) mass is 203 g/mol. The number of carbonyl (C=O) groups is 2. The zero-order valence-electron chi connectivity index (χ0n) is 8.62. The number of carbonyl (C=O) groups excluding carboxylic acids is 2. The van der Waals surface area contributed by atoms with Gasteiger partial charge in [-0.25, -0.2) is 0 Å². The number of rotatable bonds is 4. The van der Waals surface area contributed by atoms with E-state index >= 15 is 0 Å². The van der Waals surface area contributed by atoms with Gasteiger partial charge in [0.2, 0.25) is 0 Å². The van der Waals surface area contributed by atoms with Crippen molar-refractivity contribution in [2.75, 3.05) is 6.54 Å². The zero-order chi connectivity index (χ0) is 11.3. The summed E-state index contributed by atoms with van der Waals surface area (Å²) in [5, 5.41) is 2.67. The first kappa shape index (κ1) is 11.2. The Labute approximate surface area is 88.8 Å². The van der Waals surface area contributed by atoms with Crippen LogP contribution in [0.5, 0.6) is 0 Å². The first-order valence-corrected chi connectivity index (χ1v) is 4.74. The van der Waals surface area contributed by atoms with E-state index in [1.54, 1.807) is 24.3 Å². The van der Waals surface area contributed by atoms with Gasteiger partial charge in [0.25, 0.3) is 5.91 Å². The molecule has 1 aromatic rings. The standard InChI is InChI=1S/C12H13NO2/c1-3-11(14)9-6-5-7-10(8-9)12(15)13-4-2/h3,5-8H,1,4H2,2H3,(H,13,15). The second-order valence-electron chi connectivity index (χ2n) is 3.01. The van der Waals surface area contributed by atoms with Crippen LogP contribution >= 0.6 is 0 Å². The van der Waals surface area contributed by atoms with Crippen LogP contribution in [-0.2, 0) is 0 Å². The zero-order valence-corrected chi connectivity index (χ0v) is 8.62. The summed E-state index contributed by atoms with van der Waals surface area (Å²) in [6.07, 6.45) is 1.23. The normalized spacial score (nSPS) is 9.40. The highest BCUT2D eigenvalue weighted by Gasteiger charge is 2.07. The molecule has 0 aliphatic rings. The topological polar surface area (TPSA) is 46.2 Å². The van der Waals surface area contributed by atoms with Gasteiger partial charge in [-0.05, 0) is 25.1 Å². The van der Waals surface area contributed by atoms with Crippen LogP contribution in [-0.4, -0.2) is 18.2 Å². The fraction of sp³-hybridized carbons (Fsp3) is 0.167. The fourth-order valence-corrected chi connectivity index (χ4v) is 1.19. The summed E-state index contributed by atoms with van der Waals surface area (Å²) in [6.45, 7) is 5.81. The summed E-state index contributed by atoms with van der Waals surface area (Å²) < 4.78 is 0. The smallest absolute Gasteiger partial charge is 0.251 e. The van der Waals surface area contributed by atoms with Crippen molar-refractivity contribution in [3.05, 3.63) is 48.0 Å². The molecule has 3 nitrogen and oxygen atoms in total. The van der Waals surface area contributed by atoms with Crippen molar-refractivity contribution in [2.24, 2.45) is 0 Å². The van der Waals surface area contributed by atoms with Crippen LogP contribution < -0.4 is 5.32 Å². The van der Waals surface area contributed by atoms with Crippen molar-refractivity contribution >= 4 is 11.7 Å². The van der Waals surface area contributed by atoms with Crippen molar-refractivity contribution in [1.29, 1.82) is 0 Å². The molecular formula is C12H13NO2. The third-order valence-corrected chi connectivity index (χ3v) is 1.93. The van der Waals surface area contributed by atoms with E-state index in [4.69, 9.17) is 0 Å². The number of nitrogens with one attached hydrogen (secondary N) is 1. The third-order valence-electron chi connectivity index (χ3n) is 1.93. The van der Waals surface area contributed by atoms with E-state index in [0.717, 1.165) is 0 Å². The summed E-state index contributed by atoms with van der Waals surface area (Å²) in [5.41, 5.74) is 0.971. The van der Waals surface area contributed by atoms with Gasteiger partial charge in [0.1, 0.15) is 0 Å². The Morgan fingerprint density at radius 2 is 2.07 bits per heavy atom. The van der Waals surface area contributed by atoms with E-state index in [0.29, 0.717) is 17.7 Å². The molecule has 0 aliphatic heterocycles. The molecule has 1 amide bonds. The molecule has 0 saturated carbocycles. The molecule has 0 aliphatic carbocycles. The Hall–Kier alpha value is -1.90. The minimum Gasteiger partial charge on any atom is -0.352 e. The molecule has 0 atom stereocenters. The number of allylic oxidation sites excluding steroid dienone is 1. The molecule has 78 valence electrons. The molecule has 1 rings (SSSR count). The number of amides is 1. The van der Waals surface area contributed by atoms with Gasteiger partial charge in [-0.15, -0.1) is 0 Å². The SMILES string of the molecule is C=CC(=O)c1cccc(C(=O)NCC)c1. The molecule has 0 saturated heterocycles. The molecule has 15 heavy (non-hydrogen) atoms. The fourth-order valence-electron chi connectivity index (χ4n) is 1.19. The van der Waals surface area contributed by atoms with Gasteiger partial charge in [0, 0.05) is 17.7 Å². The van der Waals surface area contributed by atoms with Crippen molar-refractivity contribution < 1.29 is 9.59 Å². The van der Waals surface area contributed by atoms with Crippen molar-refractivity contribution in [3.8, 4) is 0 Å². The van der Waals surface area contributed by atoms with E-state index in [1.165, 1.54) is 6.08 Å². The van der Waals surface area contributed by atoms with Crippen LogP contribution in [0.2, 0.25) is 0 Å². The highest BCUT2D eigenvalue weighted by Crippen LogP contribution is 2.06. The molecule has 0 spiro atoms. The van der Waals surface area contributed by atoms with Gasteiger partial charge < -0.3 is 5.32 Å². The molecule has 3 heteroatoms. The summed E-state index contributed by atoms with van der Waals surface area (Å²) in [6, 6.07) is 6.58. The largest absolute Gasteiger partial charge is 0.352 e. The maximum Gasteiger partial charge on any atom is 0.251 e. The lowest BCUT2D eigenvalue weighted by molar-refractivity contribution is 0.0956. The van der Waals surface area contributed by atoms with E-state index in [2.05, 4.69) is 11.9 Å². The number of benzene rings is 1. The predicted molar refractivity (Wildman–Crippen MR) is 59.0 cm³/mol. The molecular weight excluding hydrogens is 190 g/mol. The molecule has 0 fully saturated rings. The van der Waals surface area contributed by atoms with E-state index < -0.39 is 0 Å². The maximum atomic E-state index is 11.5. The van der Waals surface area contributed by atoms with Gasteiger partial charge in [0.15, 0.2) is 5.78 Å². The van der Waals surface area contributed by atoms with E-state index in [-0.39, 0.29) is 11.7 Å². The van der Waals surface area contributed by atoms with Crippen LogP contribution in [0.4, 0.5) is 0 Å². The van der Waals surface area contributed by atoms with Crippen LogP contribution in [0, 0.1) is 0 Å². The molecule has 0 unspecified atom stereocenters. The Bertz CT molecular complexity index is 396. The number of hydrogen-bond acceptors (Lipinski definition) is 2.